The van der Waals surface area contributed by atoms with Crippen LogP contribution in [0.3, 0.4) is 0 Å². The third kappa shape index (κ3) is 6.09. The Morgan fingerprint density at radius 1 is 1.20 bits per heavy atom. The van der Waals surface area contributed by atoms with E-state index in [-0.39, 0.29) is 29.7 Å². The van der Waals surface area contributed by atoms with Crippen molar-refractivity contribution in [2.24, 2.45) is 11.8 Å². The van der Waals surface area contributed by atoms with Crippen LogP contribution in [0.4, 0.5) is 0 Å². The lowest BCUT2D eigenvalue weighted by atomic mass is 9.94. The number of amides is 2. The summed E-state index contributed by atoms with van der Waals surface area (Å²) in [6, 6.07) is 5.23. The molecule has 1 aromatic rings. The van der Waals surface area contributed by atoms with Crippen molar-refractivity contribution in [3.8, 4) is 11.5 Å². The molecular weight excluding hydrogens is 386 g/mol. The Kier molecular flexibility index (Phi) is 9.39. The molecule has 8 nitrogen and oxygen atoms in total. The van der Waals surface area contributed by atoms with Gasteiger partial charge in [-0.1, -0.05) is 0 Å². The molecule has 1 aliphatic rings. The summed E-state index contributed by atoms with van der Waals surface area (Å²) in [7, 11) is 4.87. The highest BCUT2D eigenvalue weighted by atomic mass is 16.5. The second kappa shape index (κ2) is 11.8. The first kappa shape index (κ1) is 24.0. The van der Waals surface area contributed by atoms with Crippen molar-refractivity contribution in [2.75, 3.05) is 54.1 Å². The topological polar surface area (TPSA) is 89.1 Å². The largest absolute Gasteiger partial charge is 0.493 e. The molecule has 0 aliphatic carbocycles. The van der Waals surface area contributed by atoms with Gasteiger partial charge in [-0.25, -0.2) is 0 Å². The van der Waals surface area contributed by atoms with Gasteiger partial charge in [0.2, 0.25) is 5.91 Å². The molecule has 2 N–H and O–H groups in total. The van der Waals surface area contributed by atoms with Crippen molar-refractivity contribution in [1.29, 1.82) is 0 Å². The van der Waals surface area contributed by atoms with Crippen LogP contribution >= 0.6 is 0 Å². The molecule has 1 aliphatic heterocycles. The van der Waals surface area contributed by atoms with E-state index in [0.29, 0.717) is 49.9 Å². The second-order valence-electron chi connectivity index (χ2n) is 7.75. The molecule has 1 fully saturated rings. The number of methoxy groups -OCH3 is 2. The number of carbonyl (C=O) groups excluding carboxylic acids is 2. The van der Waals surface area contributed by atoms with Gasteiger partial charge in [-0.15, -0.1) is 0 Å². The molecule has 30 heavy (non-hydrogen) atoms. The standard InChI is InChI=1S/C22H35N3O5/c1-15(2)25(14-17-12-24-13-18(17)21(26)23-3)22(27)16-7-8-19(29-5)20(11-16)30-10-6-9-28-4/h7-8,11,15,17-18,24H,6,9-10,12-14H2,1-5H3,(H,23,26)/t17-,18-/m1/s1. The zero-order valence-electron chi connectivity index (χ0n) is 18.7. The molecule has 2 amide bonds. The molecule has 1 saturated heterocycles. The van der Waals surface area contributed by atoms with Crippen LogP contribution < -0.4 is 20.1 Å². The summed E-state index contributed by atoms with van der Waals surface area (Å²) in [6.07, 6.45) is 0.742. The van der Waals surface area contributed by atoms with Crippen molar-refractivity contribution in [1.82, 2.24) is 15.5 Å². The first-order valence-corrected chi connectivity index (χ1v) is 10.5. The van der Waals surface area contributed by atoms with Crippen LogP contribution in [-0.4, -0.2) is 76.9 Å². The van der Waals surface area contributed by atoms with E-state index in [1.54, 1.807) is 39.5 Å². The van der Waals surface area contributed by atoms with Crippen LogP contribution in [-0.2, 0) is 9.53 Å². The number of nitrogens with zero attached hydrogens (tertiary/aromatic N) is 1. The Labute approximate surface area is 179 Å². The number of carbonyl (C=O) groups is 2. The van der Waals surface area contributed by atoms with Gasteiger partial charge in [0.15, 0.2) is 11.5 Å². The predicted molar refractivity (Wildman–Crippen MR) is 115 cm³/mol. The average Bonchev–Trinajstić information content (AvgIpc) is 3.22. The van der Waals surface area contributed by atoms with Crippen LogP contribution in [0.1, 0.15) is 30.6 Å². The van der Waals surface area contributed by atoms with Gasteiger partial charge < -0.3 is 29.7 Å². The average molecular weight is 422 g/mol. The molecule has 2 atom stereocenters. The lowest BCUT2D eigenvalue weighted by Gasteiger charge is -2.31. The Hall–Kier alpha value is -2.32. The van der Waals surface area contributed by atoms with Gasteiger partial charge in [0.1, 0.15) is 0 Å². The number of nitrogens with one attached hydrogen (secondary N) is 2. The highest BCUT2D eigenvalue weighted by molar-refractivity contribution is 5.95. The monoisotopic (exact) mass is 421 g/mol. The van der Waals surface area contributed by atoms with E-state index in [4.69, 9.17) is 14.2 Å². The first-order chi connectivity index (χ1) is 14.4. The molecule has 1 heterocycles. The van der Waals surface area contributed by atoms with E-state index in [0.717, 1.165) is 6.42 Å². The van der Waals surface area contributed by atoms with E-state index in [1.807, 2.05) is 18.7 Å². The van der Waals surface area contributed by atoms with Gasteiger partial charge in [0.25, 0.3) is 5.91 Å². The van der Waals surface area contributed by atoms with Crippen LogP contribution in [0, 0.1) is 11.8 Å². The maximum atomic E-state index is 13.3. The number of hydrogen-bond donors (Lipinski definition) is 2. The molecule has 0 spiro atoms. The quantitative estimate of drug-likeness (QED) is 0.527. The van der Waals surface area contributed by atoms with Crippen LogP contribution in [0.25, 0.3) is 0 Å². The molecule has 0 bridgehead atoms. The summed E-state index contributed by atoms with van der Waals surface area (Å²) in [5, 5.41) is 6.00. The molecule has 0 saturated carbocycles. The highest BCUT2D eigenvalue weighted by Crippen LogP contribution is 2.29. The zero-order chi connectivity index (χ0) is 22.1. The van der Waals surface area contributed by atoms with Gasteiger partial charge in [0.05, 0.1) is 19.6 Å². The smallest absolute Gasteiger partial charge is 0.254 e. The lowest BCUT2D eigenvalue weighted by Crippen LogP contribution is -2.44. The van der Waals surface area contributed by atoms with Crippen LogP contribution in [0.2, 0.25) is 0 Å². The molecule has 0 radical (unpaired) electrons. The predicted octanol–water partition coefficient (Wildman–Crippen LogP) is 1.54. The minimum Gasteiger partial charge on any atom is -0.493 e. The van der Waals surface area contributed by atoms with Gasteiger partial charge in [-0.2, -0.15) is 0 Å². The molecular formula is C22H35N3O5. The van der Waals surface area contributed by atoms with Crippen LogP contribution in [0.5, 0.6) is 11.5 Å². The summed E-state index contributed by atoms with van der Waals surface area (Å²) in [6.45, 7) is 6.90. The Morgan fingerprint density at radius 3 is 2.60 bits per heavy atom. The number of rotatable bonds is 11. The van der Waals surface area contributed by atoms with E-state index in [9.17, 15) is 9.59 Å². The Balaban J connectivity index is 2.17. The lowest BCUT2D eigenvalue weighted by molar-refractivity contribution is -0.125. The molecule has 1 aromatic carbocycles. The van der Waals surface area contributed by atoms with Crippen LogP contribution in [0.15, 0.2) is 18.2 Å². The van der Waals surface area contributed by atoms with Gasteiger partial charge >= 0.3 is 0 Å². The second-order valence-corrected chi connectivity index (χ2v) is 7.75. The molecule has 168 valence electrons. The highest BCUT2D eigenvalue weighted by Gasteiger charge is 2.35. The van der Waals surface area contributed by atoms with Crippen molar-refractivity contribution in [3.63, 3.8) is 0 Å². The van der Waals surface area contributed by atoms with Crippen molar-refractivity contribution >= 4 is 11.8 Å². The number of benzene rings is 1. The maximum absolute atomic E-state index is 13.3. The summed E-state index contributed by atoms with van der Waals surface area (Å²) >= 11 is 0. The van der Waals surface area contributed by atoms with Gasteiger partial charge in [-0.3, -0.25) is 9.59 Å². The SMILES string of the molecule is CNC(=O)[C@@H]1CNC[C@@H]1CN(C(=O)c1ccc(OC)c(OCCCOC)c1)C(C)C. The maximum Gasteiger partial charge on any atom is 0.254 e. The van der Waals surface area contributed by atoms with E-state index < -0.39 is 0 Å². The minimum atomic E-state index is -0.139. The Bertz CT molecular complexity index is 710. The molecule has 8 heteroatoms. The molecule has 0 unspecified atom stereocenters. The van der Waals surface area contributed by atoms with Crippen molar-refractivity contribution < 1.29 is 23.8 Å². The fraction of sp³-hybridized carbons (Fsp3) is 0.636. The summed E-state index contributed by atoms with van der Waals surface area (Å²) < 4.78 is 16.2. The summed E-state index contributed by atoms with van der Waals surface area (Å²) in [5.41, 5.74) is 0.536. The zero-order valence-corrected chi connectivity index (χ0v) is 18.7. The summed E-state index contributed by atoms with van der Waals surface area (Å²) in [5.74, 6) is 0.974. The Morgan fingerprint density at radius 2 is 1.97 bits per heavy atom. The van der Waals surface area contributed by atoms with Crippen molar-refractivity contribution in [3.05, 3.63) is 23.8 Å². The fourth-order valence-electron chi connectivity index (χ4n) is 3.67. The number of hydrogen-bond acceptors (Lipinski definition) is 6. The van der Waals surface area contributed by atoms with E-state index in [2.05, 4.69) is 10.6 Å². The summed E-state index contributed by atoms with van der Waals surface area (Å²) in [4.78, 5) is 27.3. The molecule has 0 aromatic heterocycles. The van der Waals surface area contributed by atoms with Gasteiger partial charge in [-0.05, 0) is 32.0 Å². The van der Waals surface area contributed by atoms with E-state index >= 15 is 0 Å². The third-order valence-electron chi connectivity index (χ3n) is 5.40. The first-order valence-electron chi connectivity index (χ1n) is 10.5. The van der Waals surface area contributed by atoms with Gasteiger partial charge in [0, 0.05) is 64.3 Å². The normalized spacial score (nSPS) is 18.3. The number of ether oxygens (including phenoxy) is 3. The third-order valence-corrected chi connectivity index (χ3v) is 5.40. The minimum absolute atomic E-state index is 0.00314. The molecule has 2 rings (SSSR count). The fourth-order valence-corrected chi connectivity index (χ4v) is 3.67. The van der Waals surface area contributed by atoms with E-state index in [1.165, 1.54) is 0 Å². The van der Waals surface area contributed by atoms with Crippen molar-refractivity contribution in [2.45, 2.75) is 26.3 Å².